The molecule has 0 N–H and O–H groups in total. The van der Waals surface area contributed by atoms with Crippen molar-refractivity contribution in [2.75, 3.05) is 0 Å². The number of allylic oxidation sites excluding steroid dienone is 1. The average molecular weight is 376 g/mol. The highest BCUT2D eigenvalue weighted by Crippen LogP contribution is 2.56. The van der Waals surface area contributed by atoms with E-state index < -0.39 is 24.1 Å². The van der Waals surface area contributed by atoms with E-state index >= 15 is 0 Å². The van der Waals surface area contributed by atoms with Crippen molar-refractivity contribution in [3.05, 3.63) is 23.8 Å². The number of ketones is 1. The highest BCUT2D eigenvalue weighted by Gasteiger charge is 2.58. The maximum atomic E-state index is 12.5. The summed E-state index contributed by atoms with van der Waals surface area (Å²) < 4.78 is 11.5. The Hall–Kier alpha value is -1.91. The van der Waals surface area contributed by atoms with E-state index in [9.17, 15) is 14.4 Å². The molecule has 0 aromatic rings. The Balaban J connectivity index is 2.50. The number of rotatable bonds is 4. The lowest BCUT2D eigenvalue weighted by Crippen LogP contribution is -2.59. The number of hydrogen-bond acceptors (Lipinski definition) is 5. The van der Waals surface area contributed by atoms with Crippen LogP contribution in [0.1, 0.15) is 60.8 Å². The SMILES string of the molecule is C=C(C)C1CC2(C)C(C)CC(=O)CC2C(OC(C)=O)C1OC(=O)C(C)=CC. The fourth-order valence-corrected chi connectivity index (χ4v) is 4.67. The maximum absolute atomic E-state index is 12.5. The Labute approximate surface area is 162 Å². The fraction of sp³-hybridized carbons (Fsp3) is 0.682. The normalized spacial score (nSPS) is 36.6. The van der Waals surface area contributed by atoms with E-state index in [0.29, 0.717) is 18.4 Å². The summed E-state index contributed by atoms with van der Waals surface area (Å²) in [6, 6.07) is 0. The Morgan fingerprint density at radius 1 is 1.15 bits per heavy atom. The van der Waals surface area contributed by atoms with Gasteiger partial charge < -0.3 is 9.47 Å². The first-order valence-electron chi connectivity index (χ1n) is 9.69. The van der Waals surface area contributed by atoms with Crippen molar-refractivity contribution < 1.29 is 23.9 Å². The van der Waals surface area contributed by atoms with Crippen LogP contribution >= 0.6 is 0 Å². The lowest BCUT2D eigenvalue weighted by atomic mass is 9.51. The van der Waals surface area contributed by atoms with Crippen LogP contribution in [0.25, 0.3) is 0 Å². The second-order valence-corrected chi connectivity index (χ2v) is 8.53. The average Bonchev–Trinajstić information content (AvgIpc) is 2.57. The zero-order valence-electron chi connectivity index (χ0n) is 17.3. The molecule has 5 nitrogen and oxygen atoms in total. The van der Waals surface area contributed by atoms with E-state index in [0.717, 1.165) is 12.0 Å². The summed E-state index contributed by atoms with van der Waals surface area (Å²) in [4.78, 5) is 36.7. The second-order valence-electron chi connectivity index (χ2n) is 8.53. The molecule has 2 aliphatic carbocycles. The minimum atomic E-state index is -0.650. The largest absolute Gasteiger partial charge is 0.458 e. The van der Waals surface area contributed by atoms with Crippen LogP contribution in [0.2, 0.25) is 0 Å². The molecule has 150 valence electrons. The van der Waals surface area contributed by atoms with Gasteiger partial charge in [-0.2, -0.15) is 0 Å². The van der Waals surface area contributed by atoms with Gasteiger partial charge in [0.25, 0.3) is 0 Å². The van der Waals surface area contributed by atoms with E-state index in [-0.39, 0.29) is 29.0 Å². The molecule has 0 radical (unpaired) electrons. The summed E-state index contributed by atoms with van der Waals surface area (Å²) in [7, 11) is 0. The van der Waals surface area contributed by atoms with Gasteiger partial charge in [0.2, 0.25) is 0 Å². The van der Waals surface area contributed by atoms with E-state index in [1.54, 1.807) is 19.9 Å². The van der Waals surface area contributed by atoms with Crippen LogP contribution in [0.15, 0.2) is 23.8 Å². The third kappa shape index (κ3) is 4.17. The van der Waals surface area contributed by atoms with Gasteiger partial charge in [0.15, 0.2) is 0 Å². The minimum Gasteiger partial charge on any atom is -0.458 e. The smallest absolute Gasteiger partial charge is 0.333 e. The molecule has 2 aliphatic rings. The maximum Gasteiger partial charge on any atom is 0.333 e. The van der Waals surface area contributed by atoms with Gasteiger partial charge in [-0.15, -0.1) is 0 Å². The summed E-state index contributed by atoms with van der Waals surface area (Å²) in [5, 5.41) is 0. The van der Waals surface area contributed by atoms with Crippen LogP contribution in [-0.4, -0.2) is 29.9 Å². The molecule has 2 rings (SSSR count). The Kier molecular flexibility index (Phi) is 6.33. The van der Waals surface area contributed by atoms with Gasteiger partial charge in [0.05, 0.1) is 0 Å². The van der Waals surface area contributed by atoms with Crippen LogP contribution in [0.3, 0.4) is 0 Å². The molecule has 2 fully saturated rings. The van der Waals surface area contributed by atoms with Crippen LogP contribution in [0.5, 0.6) is 0 Å². The van der Waals surface area contributed by atoms with Gasteiger partial charge in [-0.25, -0.2) is 4.79 Å². The van der Waals surface area contributed by atoms with Crippen LogP contribution < -0.4 is 0 Å². The number of ether oxygens (including phenoxy) is 2. The number of carbonyl (C=O) groups excluding carboxylic acids is 3. The van der Waals surface area contributed by atoms with Crippen molar-refractivity contribution in [3.8, 4) is 0 Å². The molecule has 0 aromatic carbocycles. The molecule has 0 spiro atoms. The number of hydrogen-bond donors (Lipinski definition) is 0. The van der Waals surface area contributed by atoms with Gasteiger partial charge >= 0.3 is 11.9 Å². The van der Waals surface area contributed by atoms with Crippen LogP contribution in [0, 0.1) is 23.2 Å². The fourth-order valence-electron chi connectivity index (χ4n) is 4.67. The molecule has 0 aromatic heterocycles. The number of esters is 2. The van der Waals surface area contributed by atoms with Gasteiger partial charge in [-0.3, -0.25) is 9.59 Å². The third-order valence-corrected chi connectivity index (χ3v) is 6.66. The van der Waals surface area contributed by atoms with E-state index in [4.69, 9.17) is 9.47 Å². The molecule has 5 heteroatoms. The minimum absolute atomic E-state index is 0.125. The van der Waals surface area contributed by atoms with Gasteiger partial charge in [0, 0.05) is 37.2 Å². The quantitative estimate of drug-likeness (QED) is 0.421. The summed E-state index contributed by atoms with van der Waals surface area (Å²) in [6.45, 7) is 15.1. The van der Waals surface area contributed by atoms with Crippen LogP contribution in [-0.2, 0) is 23.9 Å². The Morgan fingerprint density at radius 3 is 2.30 bits per heavy atom. The first kappa shape index (κ1) is 21.4. The summed E-state index contributed by atoms with van der Waals surface area (Å²) in [5.74, 6) is -0.816. The highest BCUT2D eigenvalue weighted by atomic mass is 16.6. The standard InChI is InChI=1S/C22H32O5/c1-8-13(4)21(25)27-19-17(12(2)3)11-22(7)14(5)9-16(24)10-18(22)20(19)26-15(6)23/h8,14,17-20H,2,9-11H2,1,3-7H3. The molecule has 0 saturated heterocycles. The predicted molar refractivity (Wildman–Crippen MR) is 103 cm³/mol. The zero-order valence-corrected chi connectivity index (χ0v) is 17.3. The predicted octanol–water partition coefficient (Wildman–Crippen LogP) is 4.01. The summed E-state index contributed by atoms with van der Waals surface area (Å²) >= 11 is 0. The summed E-state index contributed by atoms with van der Waals surface area (Å²) in [5.41, 5.74) is 1.21. The van der Waals surface area contributed by atoms with Gasteiger partial charge in [-0.1, -0.05) is 32.1 Å². The monoisotopic (exact) mass is 376 g/mol. The van der Waals surface area contributed by atoms with E-state index in [1.807, 2.05) is 6.92 Å². The van der Waals surface area contributed by atoms with Crippen LogP contribution in [0.4, 0.5) is 0 Å². The molecule has 2 saturated carbocycles. The summed E-state index contributed by atoms with van der Waals surface area (Å²) in [6.07, 6.45) is 2.04. The molecular formula is C22H32O5. The molecule has 27 heavy (non-hydrogen) atoms. The first-order valence-corrected chi connectivity index (χ1v) is 9.69. The van der Waals surface area contributed by atoms with Crippen molar-refractivity contribution in [3.63, 3.8) is 0 Å². The topological polar surface area (TPSA) is 69.7 Å². The molecule has 6 atom stereocenters. The molecule has 0 bridgehead atoms. The van der Waals surface area contributed by atoms with Crippen molar-refractivity contribution in [1.29, 1.82) is 0 Å². The third-order valence-electron chi connectivity index (χ3n) is 6.66. The molecule has 0 aliphatic heterocycles. The highest BCUT2D eigenvalue weighted by molar-refractivity contribution is 5.88. The second kappa shape index (κ2) is 7.99. The van der Waals surface area contributed by atoms with Gasteiger partial charge in [0.1, 0.15) is 18.0 Å². The van der Waals surface area contributed by atoms with Crippen molar-refractivity contribution in [2.45, 2.75) is 73.0 Å². The first-order chi connectivity index (χ1) is 12.5. The lowest BCUT2D eigenvalue weighted by Gasteiger charge is -2.56. The lowest BCUT2D eigenvalue weighted by molar-refractivity contribution is -0.199. The molecular weight excluding hydrogens is 344 g/mol. The number of Topliss-reactive ketones (excluding diaryl/α,β-unsaturated/α-hetero) is 1. The van der Waals surface area contributed by atoms with Crippen molar-refractivity contribution >= 4 is 17.7 Å². The molecule has 0 heterocycles. The Bertz CT molecular complexity index is 676. The van der Waals surface area contributed by atoms with Crippen molar-refractivity contribution in [2.24, 2.45) is 23.2 Å². The molecule has 6 unspecified atom stereocenters. The van der Waals surface area contributed by atoms with Gasteiger partial charge in [-0.05, 0) is 38.5 Å². The zero-order chi connectivity index (χ0) is 20.5. The molecule has 0 amide bonds. The van der Waals surface area contributed by atoms with E-state index in [1.165, 1.54) is 6.92 Å². The number of carbonyl (C=O) groups is 3. The van der Waals surface area contributed by atoms with E-state index in [2.05, 4.69) is 20.4 Å². The Morgan fingerprint density at radius 2 is 1.78 bits per heavy atom. The number of fused-ring (bicyclic) bond motifs is 1. The van der Waals surface area contributed by atoms with Crippen molar-refractivity contribution in [1.82, 2.24) is 0 Å².